The van der Waals surface area contributed by atoms with Crippen LogP contribution in [0, 0.1) is 0 Å². The van der Waals surface area contributed by atoms with E-state index in [4.69, 9.17) is 10.2 Å². The predicted octanol–water partition coefficient (Wildman–Crippen LogP) is -0.103. The first-order chi connectivity index (χ1) is 6.95. The fourth-order valence-electron chi connectivity index (χ4n) is 0.0786. The van der Waals surface area contributed by atoms with Gasteiger partial charge >= 0.3 is 0 Å². The van der Waals surface area contributed by atoms with Crippen molar-refractivity contribution in [1.29, 1.82) is 0 Å². The van der Waals surface area contributed by atoms with Crippen molar-refractivity contribution in [3.8, 4) is 0 Å². The number of hydrogen-bond donors (Lipinski definition) is 2. The number of aliphatic hydroxyl groups excluding tert-OH is 2. The zero-order valence-electron chi connectivity index (χ0n) is 9.27. The van der Waals surface area contributed by atoms with Gasteiger partial charge in [-0.3, -0.25) is 14.4 Å². The molecule has 0 aliphatic heterocycles. The maximum Gasteiger partial charge on any atom is 0.155 e. The number of carbonyl (C=O) groups excluding carboxylic acids is 3. The van der Waals surface area contributed by atoms with Crippen LogP contribution in [0.3, 0.4) is 0 Å². The van der Waals surface area contributed by atoms with E-state index in [2.05, 4.69) is 0 Å². The van der Waals surface area contributed by atoms with Crippen LogP contribution in [0.25, 0.3) is 0 Å². The highest BCUT2D eigenvalue weighted by Crippen LogP contribution is 1.56. The molecule has 5 nitrogen and oxygen atoms in total. The van der Waals surface area contributed by atoms with E-state index in [-0.39, 0.29) is 24.8 Å². The average molecular weight is 218 g/mol. The van der Waals surface area contributed by atoms with E-state index in [0.29, 0.717) is 0 Å². The molecule has 0 heterocycles. The minimum atomic E-state index is -0.333. The lowest BCUT2D eigenvalue weighted by Crippen LogP contribution is -1.93. The minimum absolute atomic E-state index is 0.190. The maximum atomic E-state index is 9.56. The van der Waals surface area contributed by atoms with Crippen molar-refractivity contribution in [3.63, 3.8) is 0 Å². The second-order valence-electron chi connectivity index (χ2n) is 2.38. The van der Waals surface area contributed by atoms with Crippen molar-refractivity contribution < 1.29 is 24.6 Å². The van der Waals surface area contributed by atoms with Gasteiger partial charge in [-0.15, -0.1) is 0 Å². The number of rotatable bonds is 3. The Morgan fingerprint density at radius 2 is 1.33 bits per heavy atom. The molecule has 0 amide bonds. The summed E-state index contributed by atoms with van der Waals surface area (Å²) in [6.07, 6.45) is 3.88. The van der Waals surface area contributed by atoms with Gasteiger partial charge < -0.3 is 10.2 Å². The molecule has 0 saturated carbocycles. The molecule has 0 aromatic heterocycles. The molecule has 0 fully saturated rings. The van der Waals surface area contributed by atoms with Gasteiger partial charge in [0.1, 0.15) is 19.5 Å². The van der Waals surface area contributed by atoms with Gasteiger partial charge in [0, 0.05) is 0 Å². The summed E-state index contributed by atoms with van der Waals surface area (Å²) in [6, 6.07) is 0. The van der Waals surface area contributed by atoms with Crippen molar-refractivity contribution in [2.75, 3.05) is 13.2 Å². The van der Waals surface area contributed by atoms with Crippen LogP contribution in [-0.4, -0.2) is 41.3 Å². The van der Waals surface area contributed by atoms with Gasteiger partial charge in [0.15, 0.2) is 11.6 Å². The van der Waals surface area contributed by atoms with Crippen LogP contribution in [0.15, 0.2) is 12.2 Å². The molecule has 0 aliphatic rings. The zero-order chi connectivity index (χ0) is 12.7. The van der Waals surface area contributed by atoms with E-state index < -0.39 is 0 Å². The molecule has 0 saturated heterocycles. The van der Waals surface area contributed by atoms with Crippen LogP contribution in [-0.2, 0) is 14.4 Å². The van der Waals surface area contributed by atoms with Crippen LogP contribution in [0.4, 0.5) is 0 Å². The standard InChI is InChI=1S/C4H6O.2C3H6O2/c1-2-3-4-5;2*1-3(5)2-4/h2-4H,1H3;2*4H,2H2,1H3/b3-2+;;. The van der Waals surface area contributed by atoms with Gasteiger partial charge in [-0.05, 0) is 26.8 Å². The Labute approximate surface area is 89.4 Å². The highest BCUT2D eigenvalue weighted by Gasteiger charge is 1.78. The molecule has 0 aromatic carbocycles. The third-order valence-corrected chi connectivity index (χ3v) is 0.716. The van der Waals surface area contributed by atoms with Gasteiger partial charge in [0.05, 0.1) is 0 Å². The Hall–Kier alpha value is -1.33. The third kappa shape index (κ3) is 66.1. The Morgan fingerprint density at radius 1 is 1.07 bits per heavy atom. The highest BCUT2D eigenvalue weighted by atomic mass is 16.3. The summed E-state index contributed by atoms with van der Waals surface area (Å²) in [6.45, 7) is 3.80. The second-order valence-corrected chi connectivity index (χ2v) is 2.38. The van der Waals surface area contributed by atoms with E-state index >= 15 is 0 Å². The number of carbonyl (C=O) groups is 3. The Bertz CT molecular complexity index is 182. The lowest BCUT2D eigenvalue weighted by atomic mass is 10.5. The van der Waals surface area contributed by atoms with Crippen LogP contribution < -0.4 is 0 Å². The molecule has 88 valence electrons. The average Bonchev–Trinajstić information content (AvgIpc) is 2.20. The summed E-state index contributed by atoms with van der Waals surface area (Å²) in [7, 11) is 0. The first-order valence-electron chi connectivity index (χ1n) is 4.23. The Morgan fingerprint density at radius 3 is 1.33 bits per heavy atom. The largest absolute Gasteiger partial charge is 0.389 e. The van der Waals surface area contributed by atoms with Crippen molar-refractivity contribution in [3.05, 3.63) is 12.2 Å². The van der Waals surface area contributed by atoms with Gasteiger partial charge in [-0.1, -0.05) is 6.08 Å². The molecule has 5 heteroatoms. The molecule has 0 spiro atoms. The summed E-state index contributed by atoms with van der Waals surface area (Å²) in [5.41, 5.74) is 0. The number of ketones is 2. The molecular formula is C10H18O5. The van der Waals surface area contributed by atoms with Crippen LogP contribution in [0.5, 0.6) is 0 Å². The van der Waals surface area contributed by atoms with E-state index in [9.17, 15) is 14.4 Å². The molecule has 2 N–H and O–H groups in total. The zero-order valence-corrected chi connectivity index (χ0v) is 9.27. The second kappa shape index (κ2) is 18.5. The number of aliphatic hydroxyl groups is 2. The van der Waals surface area contributed by atoms with Crippen molar-refractivity contribution in [2.24, 2.45) is 0 Å². The van der Waals surface area contributed by atoms with Crippen molar-refractivity contribution in [2.45, 2.75) is 20.8 Å². The summed E-state index contributed by atoms with van der Waals surface area (Å²) in [5.74, 6) is -0.380. The smallest absolute Gasteiger partial charge is 0.155 e. The summed E-state index contributed by atoms with van der Waals surface area (Å²) < 4.78 is 0. The summed E-state index contributed by atoms with van der Waals surface area (Å²) >= 11 is 0. The lowest BCUT2D eigenvalue weighted by Gasteiger charge is -1.72. The highest BCUT2D eigenvalue weighted by molar-refractivity contribution is 5.76. The molecule has 0 atom stereocenters. The molecule has 0 aliphatic carbocycles. The van der Waals surface area contributed by atoms with E-state index in [1.54, 1.807) is 13.0 Å². The third-order valence-electron chi connectivity index (χ3n) is 0.716. The molecule has 0 bridgehead atoms. The topological polar surface area (TPSA) is 91.7 Å². The summed E-state index contributed by atoms with van der Waals surface area (Å²) in [4.78, 5) is 28.4. The maximum absolute atomic E-state index is 9.56. The number of aldehydes is 1. The Balaban J connectivity index is -0.000000144. The molecule has 15 heavy (non-hydrogen) atoms. The number of hydrogen-bond acceptors (Lipinski definition) is 5. The fraction of sp³-hybridized carbons (Fsp3) is 0.500. The lowest BCUT2D eigenvalue weighted by molar-refractivity contribution is -0.120. The van der Waals surface area contributed by atoms with Gasteiger partial charge in [0.2, 0.25) is 0 Å². The molecule has 0 unspecified atom stereocenters. The fourth-order valence-corrected chi connectivity index (χ4v) is 0.0786. The Kier molecular flexibility index (Phi) is 23.7. The van der Waals surface area contributed by atoms with Gasteiger partial charge in [-0.25, -0.2) is 0 Å². The van der Waals surface area contributed by atoms with E-state index in [1.807, 2.05) is 0 Å². The first kappa shape index (κ1) is 19.3. The number of allylic oxidation sites excluding steroid dienone is 2. The van der Waals surface area contributed by atoms with Crippen LogP contribution in [0.1, 0.15) is 20.8 Å². The monoisotopic (exact) mass is 218 g/mol. The molecule has 0 radical (unpaired) electrons. The van der Waals surface area contributed by atoms with E-state index in [0.717, 1.165) is 6.29 Å². The van der Waals surface area contributed by atoms with Crippen LogP contribution in [0.2, 0.25) is 0 Å². The van der Waals surface area contributed by atoms with E-state index in [1.165, 1.54) is 19.9 Å². The van der Waals surface area contributed by atoms with Gasteiger partial charge in [0.25, 0.3) is 0 Å². The minimum Gasteiger partial charge on any atom is -0.389 e. The molecular weight excluding hydrogens is 200 g/mol. The predicted molar refractivity (Wildman–Crippen MR) is 56.4 cm³/mol. The number of Topliss-reactive ketones (excluding diaryl/α,β-unsaturated/α-hetero) is 2. The first-order valence-corrected chi connectivity index (χ1v) is 4.23. The molecule has 0 rings (SSSR count). The van der Waals surface area contributed by atoms with Crippen LogP contribution >= 0.6 is 0 Å². The quantitative estimate of drug-likeness (QED) is 0.509. The van der Waals surface area contributed by atoms with Gasteiger partial charge in [-0.2, -0.15) is 0 Å². The SMILES string of the molecule is C/C=C/C=O.CC(=O)CO.CC(=O)CO. The normalized spacial score (nSPS) is 8.07. The van der Waals surface area contributed by atoms with Crippen molar-refractivity contribution >= 4 is 17.9 Å². The summed E-state index contributed by atoms with van der Waals surface area (Å²) in [5, 5.41) is 15.6. The molecule has 0 aromatic rings. The van der Waals surface area contributed by atoms with Crippen molar-refractivity contribution in [1.82, 2.24) is 0 Å².